The van der Waals surface area contributed by atoms with Gasteiger partial charge in [0.25, 0.3) is 0 Å². The number of allylic oxidation sites excluding steroid dienone is 2. The highest BCUT2D eigenvalue weighted by Gasteiger charge is 2.25. The Morgan fingerprint density at radius 1 is 1.11 bits per heavy atom. The third-order valence-corrected chi connectivity index (χ3v) is 2.89. The van der Waals surface area contributed by atoms with E-state index in [9.17, 15) is 14.7 Å². The van der Waals surface area contributed by atoms with Gasteiger partial charge in [0, 0.05) is 24.7 Å². The van der Waals surface area contributed by atoms with E-state index in [2.05, 4.69) is 5.32 Å². The van der Waals surface area contributed by atoms with E-state index >= 15 is 0 Å². The van der Waals surface area contributed by atoms with E-state index in [1.165, 1.54) is 12.3 Å². The van der Waals surface area contributed by atoms with Crippen LogP contribution in [0.4, 0.5) is 5.69 Å². The molecule has 0 heterocycles. The highest BCUT2D eigenvalue weighted by atomic mass is 16.3. The van der Waals surface area contributed by atoms with Gasteiger partial charge in [0.15, 0.2) is 11.6 Å². The standard InChI is InChI=1S/C15H15NO3/c17-12-7-4-8-13(18)15(12)14(19)9-10-16-11-5-2-1-3-6-11/h1-3,5-6,9-10,16,19H,4,7-8H2/b10-9-. The molecule has 0 spiro atoms. The summed E-state index contributed by atoms with van der Waals surface area (Å²) in [5.74, 6) is -0.825. The number of carbonyl (C=O) groups is 2. The minimum absolute atomic E-state index is 0.0719. The Morgan fingerprint density at radius 2 is 1.74 bits per heavy atom. The number of benzene rings is 1. The SMILES string of the molecule is O=C1CCCC(=O)C1=C(O)/C=C\Nc1ccccc1. The van der Waals surface area contributed by atoms with Gasteiger partial charge in [-0.2, -0.15) is 0 Å². The number of hydrogen-bond acceptors (Lipinski definition) is 4. The van der Waals surface area contributed by atoms with Crippen molar-refractivity contribution in [2.24, 2.45) is 0 Å². The molecule has 1 aliphatic carbocycles. The maximum atomic E-state index is 11.6. The van der Waals surface area contributed by atoms with Gasteiger partial charge < -0.3 is 10.4 Å². The van der Waals surface area contributed by atoms with Gasteiger partial charge in [0.2, 0.25) is 0 Å². The first-order valence-electron chi connectivity index (χ1n) is 6.16. The molecule has 0 saturated heterocycles. The van der Waals surface area contributed by atoms with E-state index < -0.39 is 0 Å². The van der Waals surface area contributed by atoms with Crippen LogP contribution in [0.3, 0.4) is 0 Å². The summed E-state index contributed by atoms with van der Waals surface area (Å²) in [7, 11) is 0. The minimum Gasteiger partial charge on any atom is -0.507 e. The van der Waals surface area contributed by atoms with Crippen LogP contribution in [-0.4, -0.2) is 16.7 Å². The Balaban J connectivity index is 2.09. The number of ketones is 2. The molecule has 0 unspecified atom stereocenters. The van der Waals surface area contributed by atoms with Gasteiger partial charge in [-0.1, -0.05) is 18.2 Å². The summed E-state index contributed by atoms with van der Waals surface area (Å²) in [5.41, 5.74) is 0.787. The number of aliphatic hydroxyl groups excluding tert-OH is 1. The molecule has 98 valence electrons. The fourth-order valence-electron chi connectivity index (χ4n) is 1.94. The lowest BCUT2D eigenvalue weighted by Gasteiger charge is -2.12. The lowest BCUT2D eigenvalue weighted by Crippen LogP contribution is -2.20. The zero-order chi connectivity index (χ0) is 13.7. The Kier molecular flexibility index (Phi) is 4.13. The lowest BCUT2D eigenvalue weighted by atomic mass is 9.91. The maximum Gasteiger partial charge on any atom is 0.170 e. The molecule has 0 aliphatic heterocycles. The van der Waals surface area contributed by atoms with Gasteiger partial charge in [-0.25, -0.2) is 0 Å². The predicted octanol–water partition coefficient (Wildman–Crippen LogP) is 2.75. The van der Waals surface area contributed by atoms with E-state index in [1.807, 2.05) is 30.3 Å². The molecular formula is C15H15NO3. The van der Waals surface area contributed by atoms with Crippen molar-refractivity contribution in [2.45, 2.75) is 19.3 Å². The summed E-state index contributed by atoms with van der Waals surface area (Å²) in [6, 6.07) is 9.38. The maximum absolute atomic E-state index is 11.6. The monoisotopic (exact) mass is 257 g/mol. The highest BCUT2D eigenvalue weighted by Crippen LogP contribution is 2.19. The Labute approximate surface area is 111 Å². The number of hydrogen-bond donors (Lipinski definition) is 2. The second kappa shape index (κ2) is 6.00. The smallest absolute Gasteiger partial charge is 0.170 e. The molecule has 4 heteroatoms. The van der Waals surface area contributed by atoms with E-state index in [0.717, 1.165) is 5.69 Å². The molecule has 4 nitrogen and oxygen atoms in total. The molecule has 19 heavy (non-hydrogen) atoms. The summed E-state index contributed by atoms with van der Waals surface area (Å²) >= 11 is 0. The van der Waals surface area contributed by atoms with Gasteiger partial charge in [0.05, 0.1) is 0 Å². The second-order valence-corrected chi connectivity index (χ2v) is 4.30. The zero-order valence-electron chi connectivity index (χ0n) is 10.4. The topological polar surface area (TPSA) is 66.4 Å². The molecule has 0 atom stereocenters. The molecular weight excluding hydrogens is 242 g/mol. The molecule has 0 bridgehead atoms. The number of rotatable bonds is 3. The van der Waals surface area contributed by atoms with E-state index in [1.54, 1.807) is 0 Å². The van der Waals surface area contributed by atoms with Crippen LogP contribution in [0.2, 0.25) is 0 Å². The van der Waals surface area contributed by atoms with Gasteiger partial charge in [-0.3, -0.25) is 9.59 Å². The van der Waals surface area contributed by atoms with Gasteiger partial charge in [-0.15, -0.1) is 0 Å². The summed E-state index contributed by atoms with van der Waals surface area (Å²) in [6.07, 6.45) is 4.06. The summed E-state index contributed by atoms with van der Waals surface area (Å²) < 4.78 is 0. The quantitative estimate of drug-likeness (QED) is 0.496. The molecule has 1 aliphatic rings. The van der Waals surface area contributed by atoms with Crippen LogP contribution in [0.1, 0.15) is 19.3 Å². The van der Waals surface area contributed by atoms with Gasteiger partial charge >= 0.3 is 0 Å². The van der Waals surface area contributed by atoms with E-state index in [-0.39, 0.29) is 22.9 Å². The van der Waals surface area contributed by atoms with Crippen molar-refractivity contribution in [2.75, 3.05) is 5.32 Å². The number of carbonyl (C=O) groups excluding carboxylic acids is 2. The van der Waals surface area contributed by atoms with Crippen LogP contribution >= 0.6 is 0 Å². The Morgan fingerprint density at radius 3 is 2.37 bits per heavy atom. The number of aliphatic hydroxyl groups is 1. The largest absolute Gasteiger partial charge is 0.507 e. The molecule has 1 fully saturated rings. The fraction of sp³-hybridized carbons (Fsp3) is 0.200. The lowest BCUT2D eigenvalue weighted by molar-refractivity contribution is -0.124. The van der Waals surface area contributed by atoms with Crippen molar-refractivity contribution in [3.05, 3.63) is 53.9 Å². The van der Waals surface area contributed by atoms with Crippen molar-refractivity contribution >= 4 is 17.3 Å². The predicted molar refractivity (Wildman–Crippen MR) is 72.7 cm³/mol. The molecule has 0 radical (unpaired) electrons. The molecule has 0 amide bonds. The Hall–Kier alpha value is -2.36. The van der Waals surface area contributed by atoms with Crippen molar-refractivity contribution in [1.82, 2.24) is 0 Å². The average Bonchev–Trinajstić information content (AvgIpc) is 2.40. The molecule has 2 N–H and O–H groups in total. The van der Waals surface area contributed by atoms with Crippen LogP contribution < -0.4 is 5.32 Å². The summed E-state index contributed by atoms with van der Waals surface area (Å²) in [5, 5.41) is 12.8. The minimum atomic E-state index is -0.280. The molecule has 1 saturated carbocycles. The van der Waals surface area contributed by atoms with E-state index in [4.69, 9.17) is 0 Å². The van der Waals surface area contributed by atoms with Crippen LogP contribution in [0.5, 0.6) is 0 Å². The third kappa shape index (κ3) is 3.31. The normalized spacial score (nSPS) is 15.9. The van der Waals surface area contributed by atoms with Crippen LogP contribution in [0.25, 0.3) is 0 Å². The van der Waals surface area contributed by atoms with Crippen LogP contribution in [0.15, 0.2) is 53.9 Å². The molecule has 0 aromatic heterocycles. The second-order valence-electron chi connectivity index (χ2n) is 4.30. The summed E-state index contributed by atoms with van der Waals surface area (Å²) in [4.78, 5) is 23.2. The first-order chi connectivity index (χ1) is 9.18. The zero-order valence-corrected chi connectivity index (χ0v) is 10.4. The van der Waals surface area contributed by atoms with Crippen LogP contribution in [-0.2, 0) is 9.59 Å². The van der Waals surface area contributed by atoms with E-state index in [0.29, 0.717) is 19.3 Å². The van der Waals surface area contributed by atoms with Gasteiger partial charge in [-0.05, 0) is 24.6 Å². The average molecular weight is 257 g/mol. The number of nitrogens with one attached hydrogen (secondary N) is 1. The number of anilines is 1. The highest BCUT2D eigenvalue weighted by molar-refractivity contribution is 6.22. The third-order valence-electron chi connectivity index (χ3n) is 2.89. The van der Waals surface area contributed by atoms with Crippen molar-refractivity contribution in [1.29, 1.82) is 0 Å². The molecule has 1 aromatic rings. The molecule has 1 aromatic carbocycles. The van der Waals surface area contributed by atoms with Crippen molar-refractivity contribution < 1.29 is 14.7 Å². The Bertz CT molecular complexity index is 526. The van der Waals surface area contributed by atoms with Crippen LogP contribution in [0, 0.1) is 0 Å². The first-order valence-corrected chi connectivity index (χ1v) is 6.16. The van der Waals surface area contributed by atoms with Crippen molar-refractivity contribution in [3.8, 4) is 0 Å². The van der Waals surface area contributed by atoms with Gasteiger partial charge in [0.1, 0.15) is 11.3 Å². The first kappa shape index (κ1) is 13.1. The molecule has 2 rings (SSSR count). The number of Topliss-reactive ketones (excluding diaryl/α,β-unsaturated/α-hetero) is 2. The fourth-order valence-corrected chi connectivity index (χ4v) is 1.94. The number of para-hydroxylation sites is 1. The summed E-state index contributed by atoms with van der Waals surface area (Å²) in [6.45, 7) is 0. The van der Waals surface area contributed by atoms with Crippen molar-refractivity contribution in [3.63, 3.8) is 0 Å².